The maximum Gasteiger partial charge on any atom is 0.243 e. The number of H-pyrrole nitrogens is 1. The first kappa shape index (κ1) is 14.4. The molecule has 6 heteroatoms. The minimum absolute atomic E-state index is 0.156. The third-order valence-corrected chi connectivity index (χ3v) is 4.71. The number of nitrogens with zero attached hydrogens (tertiary/aromatic N) is 2. The molecule has 120 valence electrons. The third-order valence-electron chi connectivity index (χ3n) is 4.71. The minimum Gasteiger partial charge on any atom is -0.342 e. The van der Waals surface area contributed by atoms with Crippen LogP contribution in [0.15, 0.2) is 30.4 Å². The van der Waals surface area contributed by atoms with E-state index in [-0.39, 0.29) is 17.8 Å². The van der Waals surface area contributed by atoms with Gasteiger partial charge in [0.15, 0.2) is 0 Å². The number of carbonyl (C=O) groups is 1. The Kier molecular flexibility index (Phi) is 3.61. The summed E-state index contributed by atoms with van der Waals surface area (Å²) in [6.07, 6.45) is 5.68. The number of nitrogens with one attached hydrogen (secondary N) is 2. The molecule has 2 aromatic rings. The summed E-state index contributed by atoms with van der Waals surface area (Å²) in [5.74, 6) is 1.09. The molecule has 5 nitrogen and oxygen atoms in total. The highest BCUT2D eigenvalue weighted by atomic mass is 19.1. The summed E-state index contributed by atoms with van der Waals surface area (Å²) in [5, 5.41) is 3.16. The number of piperidine rings is 1. The average molecular weight is 314 g/mol. The number of likely N-dealkylation sites (tertiary alicyclic amines) is 1. The van der Waals surface area contributed by atoms with Crippen molar-refractivity contribution < 1.29 is 9.18 Å². The normalized spacial score (nSPS) is 22.1. The zero-order valence-electron chi connectivity index (χ0n) is 12.8. The molecule has 2 aliphatic heterocycles. The average Bonchev–Trinajstić information content (AvgIpc) is 3.23. The fourth-order valence-corrected chi connectivity index (χ4v) is 3.40. The molecule has 3 heterocycles. The van der Waals surface area contributed by atoms with Gasteiger partial charge in [-0.1, -0.05) is 12.2 Å². The number of amides is 1. The van der Waals surface area contributed by atoms with Crippen LogP contribution in [0.5, 0.6) is 0 Å². The zero-order valence-corrected chi connectivity index (χ0v) is 12.8. The van der Waals surface area contributed by atoms with Crippen molar-refractivity contribution in [1.29, 1.82) is 0 Å². The van der Waals surface area contributed by atoms with E-state index in [0.29, 0.717) is 5.92 Å². The molecular formula is C17H19FN4O. The van der Waals surface area contributed by atoms with Crippen molar-refractivity contribution >= 4 is 16.9 Å². The van der Waals surface area contributed by atoms with Crippen molar-refractivity contribution in [2.24, 2.45) is 0 Å². The van der Waals surface area contributed by atoms with Gasteiger partial charge in [-0.3, -0.25) is 10.1 Å². The molecule has 0 spiro atoms. The van der Waals surface area contributed by atoms with Crippen molar-refractivity contribution in [3.8, 4) is 0 Å². The Morgan fingerprint density at radius 3 is 2.87 bits per heavy atom. The van der Waals surface area contributed by atoms with Gasteiger partial charge in [-0.15, -0.1) is 0 Å². The van der Waals surface area contributed by atoms with Gasteiger partial charge >= 0.3 is 0 Å². The van der Waals surface area contributed by atoms with Crippen LogP contribution in [-0.4, -0.2) is 46.5 Å². The van der Waals surface area contributed by atoms with Crippen LogP contribution in [0.4, 0.5) is 4.39 Å². The van der Waals surface area contributed by atoms with E-state index >= 15 is 0 Å². The van der Waals surface area contributed by atoms with E-state index in [0.717, 1.165) is 49.3 Å². The lowest BCUT2D eigenvalue weighted by molar-refractivity contribution is -0.133. The second-order valence-electron chi connectivity index (χ2n) is 6.20. The first-order valence-corrected chi connectivity index (χ1v) is 8.05. The van der Waals surface area contributed by atoms with Gasteiger partial charge in [0, 0.05) is 25.6 Å². The number of fused-ring (bicyclic) bond motifs is 1. The van der Waals surface area contributed by atoms with Crippen molar-refractivity contribution in [1.82, 2.24) is 20.2 Å². The number of hydrogen-bond acceptors (Lipinski definition) is 3. The number of aromatic nitrogens is 2. The first-order valence-electron chi connectivity index (χ1n) is 8.05. The summed E-state index contributed by atoms with van der Waals surface area (Å²) in [7, 11) is 0. The van der Waals surface area contributed by atoms with Gasteiger partial charge in [-0.25, -0.2) is 9.37 Å². The largest absolute Gasteiger partial charge is 0.342 e. The highest BCUT2D eigenvalue weighted by Gasteiger charge is 2.29. The maximum absolute atomic E-state index is 13.3. The fraction of sp³-hybridized carbons (Fsp3) is 0.412. The van der Waals surface area contributed by atoms with Crippen molar-refractivity contribution in [3.63, 3.8) is 0 Å². The van der Waals surface area contributed by atoms with Gasteiger partial charge in [-0.05, 0) is 31.0 Å². The monoisotopic (exact) mass is 314 g/mol. The van der Waals surface area contributed by atoms with Gasteiger partial charge in [0.25, 0.3) is 0 Å². The molecule has 0 radical (unpaired) electrons. The highest BCUT2D eigenvalue weighted by molar-refractivity contribution is 5.84. The van der Waals surface area contributed by atoms with Crippen molar-refractivity contribution in [2.45, 2.75) is 24.8 Å². The Morgan fingerprint density at radius 2 is 2.13 bits per heavy atom. The van der Waals surface area contributed by atoms with Crippen LogP contribution in [-0.2, 0) is 4.79 Å². The number of hydrogen-bond donors (Lipinski definition) is 2. The Hall–Kier alpha value is -2.21. The SMILES string of the molecule is O=C(C1C=CCN1)N1CCC(c2nc3ccc(F)cc3[nH]2)CC1. The van der Waals surface area contributed by atoms with Crippen LogP contribution in [0.25, 0.3) is 11.0 Å². The maximum atomic E-state index is 13.3. The van der Waals surface area contributed by atoms with Crippen LogP contribution in [0.3, 0.4) is 0 Å². The van der Waals surface area contributed by atoms with Gasteiger partial charge in [0.05, 0.1) is 11.0 Å². The van der Waals surface area contributed by atoms with Crippen molar-refractivity contribution in [2.75, 3.05) is 19.6 Å². The lowest BCUT2D eigenvalue weighted by Crippen LogP contribution is -2.46. The first-order chi connectivity index (χ1) is 11.2. The molecule has 1 unspecified atom stereocenters. The van der Waals surface area contributed by atoms with Crippen LogP contribution < -0.4 is 5.32 Å². The van der Waals surface area contributed by atoms with Crippen LogP contribution in [0.2, 0.25) is 0 Å². The molecule has 2 N–H and O–H groups in total. The summed E-state index contributed by atoms with van der Waals surface area (Å²) in [6, 6.07) is 4.43. The van der Waals surface area contributed by atoms with E-state index < -0.39 is 0 Å². The molecule has 0 bridgehead atoms. The number of rotatable bonds is 2. The Labute approximate surface area is 133 Å². The summed E-state index contributed by atoms with van der Waals surface area (Å²) in [5.41, 5.74) is 1.53. The van der Waals surface area contributed by atoms with Gasteiger partial charge in [0.2, 0.25) is 5.91 Å². The summed E-state index contributed by atoms with van der Waals surface area (Å²) >= 11 is 0. The van der Waals surface area contributed by atoms with Gasteiger partial charge in [0.1, 0.15) is 17.7 Å². The minimum atomic E-state index is -0.259. The second-order valence-corrected chi connectivity index (χ2v) is 6.20. The zero-order chi connectivity index (χ0) is 15.8. The smallest absolute Gasteiger partial charge is 0.243 e. The second kappa shape index (κ2) is 5.77. The van der Waals surface area contributed by atoms with Gasteiger partial charge in [-0.2, -0.15) is 0 Å². The predicted octanol–water partition coefficient (Wildman–Crippen LogP) is 1.94. The van der Waals surface area contributed by atoms with Crippen LogP contribution in [0, 0.1) is 5.82 Å². The predicted molar refractivity (Wildman–Crippen MR) is 85.5 cm³/mol. The van der Waals surface area contributed by atoms with E-state index in [1.54, 1.807) is 6.07 Å². The molecule has 23 heavy (non-hydrogen) atoms. The Balaban J connectivity index is 1.44. The molecule has 1 aromatic carbocycles. The molecule has 1 amide bonds. The third kappa shape index (κ3) is 2.74. The summed E-state index contributed by atoms with van der Waals surface area (Å²) in [4.78, 5) is 22.1. The number of carbonyl (C=O) groups excluding carboxylic acids is 1. The molecular weight excluding hydrogens is 295 g/mol. The van der Waals surface area contributed by atoms with Crippen LogP contribution in [0.1, 0.15) is 24.6 Å². The standard InChI is InChI=1S/C17H19FN4O/c18-12-3-4-13-15(10-12)21-16(20-13)11-5-8-22(9-6-11)17(23)14-2-1-7-19-14/h1-4,10-11,14,19H,5-9H2,(H,20,21). The van der Waals surface area contributed by atoms with E-state index in [9.17, 15) is 9.18 Å². The number of benzene rings is 1. The Bertz CT molecular complexity index is 761. The summed E-state index contributed by atoms with van der Waals surface area (Å²) < 4.78 is 13.3. The molecule has 1 aromatic heterocycles. The van der Waals surface area contributed by atoms with Crippen LogP contribution >= 0.6 is 0 Å². The molecule has 1 atom stereocenters. The fourth-order valence-electron chi connectivity index (χ4n) is 3.40. The Morgan fingerprint density at radius 1 is 1.30 bits per heavy atom. The lowest BCUT2D eigenvalue weighted by Gasteiger charge is -2.32. The number of aromatic amines is 1. The highest BCUT2D eigenvalue weighted by Crippen LogP contribution is 2.28. The topological polar surface area (TPSA) is 61.0 Å². The van der Waals surface area contributed by atoms with E-state index in [4.69, 9.17) is 0 Å². The molecule has 0 saturated carbocycles. The van der Waals surface area contributed by atoms with E-state index in [2.05, 4.69) is 15.3 Å². The van der Waals surface area contributed by atoms with E-state index in [1.807, 2.05) is 17.1 Å². The van der Waals surface area contributed by atoms with E-state index in [1.165, 1.54) is 12.1 Å². The molecule has 0 aliphatic carbocycles. The number of imidazole rings is 1. The lowest BCUT2D eigenvalue weighted by atomic mass is 9.95. The molecule has 4 rings (SSSR count). The molecule has 2 aliphatic rings. The number of halogens is 1. The summed E-state index contributed by atoms with van der Waals surface area (Å²) in [6.45, 7) is 2.24. The van der Waals surface area contributed by atoms with Gasteiger partial charge < -0.3 is 9.88 Å². The van der Waals surface area contributed by atoms with Crippen molar-refractivity contribution in [3.05, 3.63) is 42.0 Å². The molecule has 1 saturated heterocycles. The molecule has 1 fully saturated rings. The quantitative estimate of drug-likeness (QED) is 0.833.